The van der Waals surface area contributed by atoms with Gasteiger partial charge in [-0.15, -0.1) is 0 Å². The number of carboxylic acid groups (broad SMARTS) is 1. The van der Waals surface area contributed by atoms with Gasteiger partial charge in [0, 0.05) is 15.4 Å². The smallest absolute Gasteiger partial charge is 0.325 e. The first-order valence-electron chi connectivity index (χ1n) is 4.24. The Balaban J connectivity index is 2.67. The molecule has 1 atom stereocenters. The van der Waals surface area contributed by atoms with Crippen LogP contribution >= 0.6 is 15.9 Å². The van der Waals surface area contributed by atoms with Gasteiger partial charge >= 0.3 is 5.97 Å². The highest BCUT2D eigenvalue weighted by Crippen LogP contribution is 2.28. The fourth-order valence-corrected chi connectivity index (χ4v) is 1.93. The second-order valence-electron chi connectivity index (χ2n) is 3.15. The molecule has 15 heavy (non-hydrogen) atoms. The van der Waals surface area contributed by atoms with E-state index in [1.165, 1.54) is 6.26 Å². The largest absolute Gasteiger partial charge is 0.480 e. The van der Waals surface area contributed by atoms with E-state index in [1.807, 2.05) is 6.07 Å². The molecule has 78 valence electrons. The van der Waals surface area contributed by atoms with Gasteiger partial charge in [0.05, 0.1) is 6.26 Å². The molecule has 1 unspecified atom stereocenters. The number of fused-ring (bicyclic) bond motifs is 1. The molecule has 1 heterocycles. The number of carboxylic acids is 1. The highest BCUT2D eigenvalue weighted by atomic mass is 79.9. The Hall–Kier alpha value is -1.33. The lowest BCUT2D eigenvalue weighted by molar-refractivity contribution is -0.138. The summed E-state index contributed by atoms with van der Waals surface area (Å²) in [6.07, 6.45) is 1.51. The molecular formula is C10H8BrNO3. The maximum atomic E-state index is 10.8. The zero-order valence-electron chi connectivity index (χ0n) is 7.61. The minimum Gasteiger partial charge on any atom is -0.480 e. The molecule has 1 aromatic carbocycles. The highest BCUT2D eigenvalue weighted by molar-refractivity contribution is 9.10. The Bertz CT molecular complexity index is 520. The summed E-state index contributed by atoms with van der Waals surface area (Å²) >= 11 is 3.30. The van der Waals surface area contributed by atoms with Crippen LogP contribution in [0.25, 0.3) is 11.0 Å². The Kier molecular flexibility index (Phi) is 2.50. The van der Waals surface area contributed by atoms with Crippen molar-refractivity contribution in [2.75, 3.05) is 0 Å². The third-order valence-electron chi connectivity index (χ3n) is 2.15. The summed E-state index contributed by atoms with van der Waals surface area (Å²) in [6.45, 7) is 0. The third-order valence-corrected chi connectivity index (χ3v) is 2.60. The van der Waals surface area contributed by atoms with Gasteiger partial charge < -0.3 is 15.3 Å². The molecule has 0 saturated carbocycles. The van der Waals surface area contributed by atoms with E-state index in [9.17, 15) is 4.79 Å². The number of carbonyl (C=O) groups is 1. The minimum atomic E-state index is -1.08. The van der Waals surface area contributed by atoms with Gasteiger partial charge in [-0.25, -0.2) is 0 Å². The summed E-state index contributed by atoms with van der Waals surface area (Å²) in [5.74, 6) is -1.08. The fourth-order valence-electron chi connectivity index (χ4n) is 1.44. The van der Waals surface area contributed by atoms with Crippen molar-refractivity contribution in [1.29, 1.82) is 0 Å². The minimum absolute atomic E-state index is 0.469. The van der Waals surface area contributed by atoms with Crippen LogP contribution in [0.1, 0.15) is 11.6 Å². The topological polar surface area (TPSA) is 76.5 Å². The second kappa shape index (κ2) is 3.67. The van der Waals surface area contributed by atoms with Crippen LogP contribution in [0, 0.1) is 0 Å². The molecule has 4 nitrogen and oxygen atoms in total. The number of hydrogen-bond acceptors (Lipinski definition) is 3. The van der Waals surface area contributed by atoms with E-state index in [-0.39, 0.29) is 0 Å². The van der Waals surface area contributed by atoms with Crippen molar-refractivity contribution in [1.82, 2.24) is 0 Å². The molecular weight excluding hydrogens is 262 g/mol. The first-order valence-corrected chi connectivity index (χ1v) is 5.04. The average molecular weight is 270 g/mol. The molecule has 0 bridgehead atoms. The predicted octanol–water partition coefficient (Wildman–Crippen LogP) is 2.28. The number of aliphatic carboxylic acids is 1. The van der Waals surface area contributed by atoms with Crippen molar-refractivity contribution in [3.63, 3.8) is 0 Å². The molecule has 1 aromatic heterocycles. The van der Waals surface area contributed by atoms with Crippen molar-refractivity contribution < 1.29 is 14.3 Å². The van der Waals surface area contributed by atoms with Crippen LogP contribution in [-0.4, -0.2) is 11.1 Å². The molecule has 2 rings (SSSR count). The molecule has 0 amide bonds. The van der Waals surface area contributed by atoms with Crippen LogP contribution in [0.5, 0.6) is 0 Å². The van der Waals surface area contributed by atoms with Crippen LogP contribution in [0.15, 0.2) is 33.4 Å². The van der Waals surface area contributed by atoms with Gasteiger partial charge in [0.25, 0.3) is 0 Å². The summed E-state index contributed by atoms with van der Waals surface area (Å²) in [6, 6.07) is 4.19. The molecule has 0 saturated heterocycles. The van der Waals surface area contributed by atoms with Crippen molar-refractivity contribution in [2.24, 2.45) is 5.73 Å². The summed E-state index contributed by atoms with van der Waals surface area (Å²) in [5, 5.41) is 9.67. The lowest BCUT2D eigenvalue weighted by Crippen LogP contribution is -2.20. The maximum absolute atomic E-state index is 10.8. The number of halogens is 1. The SMILES string of the molecule is NC(C(=O)O)c1cc(Br)cc2ccoc12. The summed E-state index contributed by atoms with van der Waals surface area (Å²) < 4.78 is 5.99. The van der Waals surface area contributed by atoms with E-state index in [0.717, 1.165) is 9.86 Å². The van der Waals surface area contributed by atoms with E-state index in [0.29, 0.717) is 11.1 Å². The summed E-state index contributed by atoms with van der Waals surface area (Å²) in [7, 11) is 0. The second-order valence-corrected chi connectivity index (χ2v) is 4.07. The van der Waals surface area contributed by atoms with Crippen molar-refractivity contribution in [3.8, 4) is 0 Å². The molecule has 0 radical (unpaired) electrons. The van der Waals surface area contributed by atoms with Crippen molar-refractivity contribution in [2.45, 2.75) is 6.04 Å². The van der Waals surface area contributed by atoms with E-state index in [4.69, 9.17) is 15.3 Å². The third kappa shape index (κ3) is 1.75. The van der Waals surface area contributed by atoms with Gasteiger partial charge in [0.15, 0.2) is 0 Å². The lowest BCUT2D eigenvalue weighted by atomic mass is 10.1. The number of nitrogens with two attached hydrogens (primary N) is 1. The first-order chi connectivity index (χ1) is 7.09. The van der Waals surface area contributed by atoms with Crippen LogP contribution in [0.2, 0.25) is 0 Å². The quantitative estimate of drug-likeness (QED) is 0.877. The van der Waals surface area contributed by atoms with Gasteiger partial charge in [-0.3, -0.25) is 4.79 Å². The number of benzene rings is 1. The Labute approximate surface area is 93.8 Å². The van der Waals surface area contributed by atoms with E-state index < -0.39 is 12.0 Å². The molecule has 0 aliphatic rings. The van der Waals surface area contributed by atoms with Gasteiger partial charge in [-0.1, -0.05) is 15.9 Å². The van der Waals surface area contributed by atoms with Crippen molar-refractivity contribution >= 4 is 32.9 Å². The number of rotatable bonds is 2. The summed E-state index contributed by atoms with van der Waals surface area (Å²) in [5.41, 5.74) is 6.54. The lowest BCUT2D eigenvalue weighted by Gasteiger charge is -2.07. The molecule has 0 aliphatic carbocycles. The zero-order chi connectivity index (χ0) is 11.0. The number of hydrogen-bond donors (Lipinski definition) is 2. The van der Waals surface area contributed by atoms with Gasteiger partial charge in [-0.2, -0.15) is 0 Å². The number of furan rings is 1. The molecule has 2 aromatic rings. The average Bonchev–Trinajstić information content (AvgIpc) is 2.62. The Morgan fingerprint density at radius 3 is 2.93 bits per heavy atom. The normalized spacial score (nSPS) is 12.9. The van der Waals surface area contributed by atoms with Gasteiger partial charge in [0.1, 0.15) is 11.6 Å². The molecule has 0 fully saturated rings. The van der Waals surface area contributed by atoms with E-state index in [1.54, 1.807) is 12.1 Å². The standard InChI is InChI=1S/C10H8BrNO3/c11-6-3-5-1-2-15-9(5)7(4-6)8(12)10(13)14/h1-4,8H,12H2,(H,13,14). The highest BCUT2D eigenvalue weighted by Gasteiger charge is 2.19. The summed E-state index contributed by atoms with van der Waals surface area (Å²) in [4.78, 5) is 10.8. The molecule has 5 heteroatoms. The fraction of sp³-hybridized carbons (Fsp3) is 0.100. The molecule has 0 aliphatic heterocycles. The van der Waals surface area contributed by atoms with Crippen LogP contribution in [0.3, 0.4) is 0 Å². The zero-order valence-corrected chi connectivity index (χ0v) is 9.19. The molecule has 0 spiro atoms. The van der Waals surface area contributed by atoms with Crippen LogP contribution in [-0.2, 0) is 4.79 Å². The van der Waals surface area contributed by atoms with E-state index >= 15 is 0 Å². The van der Waals surface area contributed by atoms with Gasteiger partial charge in [-0.05, 0) is 18.2 Å². The Morgan fingerprint density at radius 2 is 2.27 bits per heavy atom. The first kappa shape index (κ1) is 10.2. The maximum Gasteiger partial charge on any atom is 0.325 e. The molecule has 3 N–H and O–H groups in total. The monoisotopic (exact) mass is 269 g/mol. The van der Waals surface area contributed by atoms with Gasteiger partial charge in [0.2, 0.25) is 0 Å². The predicted molar refractivity (Wildman–Crippen MR) is 58.5 cm³/mol. The van der Waals surface area contributed by atoms with Crippen molar-refractivity contribution in [3.05, 3.63) is 34.5 Å². The van der Waals surface area contributed by atoms with E-state index in [2.05, 4.69) is 15.9 Å². The Morgan fingerprint density at radius 1 is 1.53 bits per heavy atom. The van der Waals surface area contributed by atoms with Crippen LogP contribution in [0.4, 0.5) is 0 Å². The van der Waals surface area contributed by atoms with Crippen LogP contribution < -0.4 is 5.73 Å².